The first kappa shape index (κ1) is 26.5. The Kier molecular flexibility index (Phi) is 8.06. The molecule has 2 aromatic rings. The fraction of sp³-hybridized carbons (Fsp3) is 0.448. The van der Waals surface area contributed by atoms with Gasteiger partial charge in [-0.25, -0.2) is 0 Å². The maximum absolute atomic E-state index is 13.3. The molecule has 1 amide bonds. The molecular weight excluding hydrogens is 440 g/mol. The largest absolute Gasteiger partial charge is 0.507 e. The van der Waals surface area contributed by atoms with E-state index in [1.54, 1.807) is 17.0 Å². The molecule has 3 rings (SSSR count). The Bertz CT molecular complexity index is 1110. The van der Waals surface area contributed by atoms with Gasteiger partial charge in [0, 0.05) is 12.1 Å². The highest BCUT2D eigenvalue weighted by atomic mass is 16.5. The van der Waals surface area contributed by atoms with E-state index in [0.717, 1.165) is 29.7 Å². The zero-order chi connectivity index (χ0) is 25.9. The minimum Gasteiger partial charge on any atom is -0.507 e. The van der Waals surface area contributed by atoms with Gasteiger partial charge in [0.05, 0.1) is 18.2 Å². The second-order valence-corrected chi connectivity index (χ2v) is 10.4. The monoisotopic (exact) mass is 478 g/mol. The summed E-state index contributed by atoms with van der Waals surface area (Å²) in [4.78, 5) is 30.1. The predicted octanol–water partition coefficient (Wildman–Crippen LogP) is 5.06. The minimum absolute atomic E-state index is 0.0224. The van der Waals surface area contributed by atoms with E-state index in [1.807, 2.05) is 63.2 Å². The normalized spacial score (nSPS) is 17.9. The topological polar surface area (TPSA) is 70.1 Å². The third-order valence-corrected chi connectivity index (χ3v) is 6.40. The molecule has 0 aliphatic carbocycles. The average Bonchev–Trinajstić information content (AvgIpc) is 3.03. The first-order valence-corrected chi connectivity index (χ1v) is 12.2. The van der Waals surface area contributed by atoms with Crippen LogP contribution in [-0.2, 0) is 15.0 Å². The number of carbonyl (C=O) groups excluding carboxylic acids is 2. The number of hydrogen-bond donors (Lipinski definition) is 1. The number of ether oxygens (including phenoxy) is 1. The molecule has 0 radical (unpaired) electrons. The fourth-order valence-corrected chi connectivity index (χ4v) is 4.48. The first-order valence-electron chi connectivity index (χ1n) is 12.2. The van der Waals surface area contributed by atoms with Crippen molar-refractivity contribution in [1.82, 2.24) is 9.80 Å². The van der Waals surface area contributed by atoms with Crippen molar-refractivity contribution in [3.05, 3.63) is 70.3 Å². The molecule has 1 N–H and O–H groups in total. The van der Waals surface area contributed by atoms with E-state index in [2.05, 4.69) is 20.8 Å². The smallest absolute Gasteiger partial charge is 0.295 e. The van der Waals surface area contributed by atoms with Crippen molar-refractivity contribution < 1.29 is 19.4 Å². The van der Waals surface area contributed by atoms with Crippen molar-refractivity contribution >= 4 is 17.4 Å². The fourth-order valence-electron chi connectivity index (χ4n) is 4.48. The molecule has 0 spiro atoms. The molecule has 1 fully saturated rings. The predicted molar refractivity (Wildman–Crippen MR) is 140 cm³/mol. The molecule has 0 aromatic heterocycles. The van der Waals surface area contributed by atoms with Gasteiger partial charge in [-0.05, 0) is 81.2 Å². The van der Waals surface area contributed by atoms with Crippen LogP contribution in [0.15, 0.2) is 48.0 Å². The van der Waals surface area contributed by atoms with E-state index in [9.17, 15) is 14.7 Å². The third-order valence-electron chi connectivity index (χ3n) is 6.40. The zero-order valence-corrected chi connectivity index (χ0v) is 22.0. The van der Waals surface area contributed by atoms with Gasteiger partial charge in [0.1, 0.15) is 11.5 Å². The van der Waals surface area contributed by atoms with Crippen molar-refractivity contribution in [3.63, 3.8) is 0 Å². The van der Waals surface area contributed by atoms with Gasteiger partial charge in [-0.15, -0.1) is 0 Å². The van der Waals surface area contributed by atoms with Crippen molar-refractivity contribution in [3.8, 4) is 5.75 Å². The lowest BCUT2D eigenvalue weighted by molar-refractivity contribution is -0.139. The second-order valence-electron chi connectivity index (χ2n) is 10.4. The lowest BCUT2D eigenvalue weighted by Gasteiger charge is -2.27. The number of amides is 1. The standard InChI is InChI=1S/C29H38N2O4/c1-8-35-22-14-15-23(19(2)18-22)26(32)24-25(20-10-12-21(13-11-20)29(3,4)5)31(28(34)27(24)33)17-9-16-30(6)7/h10-15,18,25,32H,8-9,16-17H2,1-7H3/t25-/m1/s1. The van der Waals surface area contributed by atoms with E-state index in [0.29, 0.717) is 24.5 Å². The number of aryl methyl sites for hydroxylation is 1. The average molecular weight is 479 g/mol. The quantitative estimate of drug-likeness (QED) is 0.326. The van der Waals surface area contributed by atoms with Gasteiger partial charge < -0.3 is 19.6 Å². The summed E-state index contributed by atoms with van der Waals surface area (Å²) in [6.45, 7) is 11.9. The van der Waals surface area contributed by atoms with Gasteiger partial charge in [0.2, 0.25) is 0 Å². The lowest BCUT2D eigenvalue weighted by atomic mass is 9.85. The molecule has 0 bridgehead atoms. The van der Waals surface area contributed by atoms with Crippen molar-refractivity contribution in [2.75, 3.05) is 33.8 Å². The third kappa shape index (κ3) is 5.76. The molecule has 1 aliphatic heterocycles. The summed E-state index contributed by atoms with van der Waals surface area (Å²) in [5.74, 6) is -0.673. The highest BCUT2D eigenvalue weighted by Gasteiger charge is 2.46. The molecule has 1 heterocycles. The van der Waals surface area contributed by atoms with Gasteiger partial charge in [-0.2, -0.15) is 0 Å². The van der Waals surface area contributed by atoms with Crippen LogP contribution in [-0.4, -0.2) is 60.4 Å². The van der Waals surface area contributed by atoms with Crippen LogP contribution in [0, 0.1) is 6.92 Å². The summed E-state index contributed by atoms with van der Waals surface area (Å²) >= 11 is 0. The van der Waals surface area contributed by atoms with E-state index in [4.69, 9.17) is 4.74 Å². The number of carbonyl (C=O) groups is 2. The molecule has 0 unspecified atom stereocenters. The Morgan fingerprint density at radius 1 is 1.09 bits per heavy atom. The molecular formula is C29H38N2O4. The summed E-state index contributed by atoms with van der Waals surface area (Å²) in [6, 6.07) is 12.7. The molecule has 6 heteroatoms. The number of benzene rings is 2. The summed E-state index contributed by atoms with van der Waals surface area (Å²) in [5.41, 5.74) is 3.38. The second kappa shape index (κ2) is 10.6. The van der Waals surface area contributed by atoms with Crippen LogP contribution in [0.1, 0.15) is 62.4 Å². The number of hydrogen-bond acceptors (Lipinski definition) is 5. The number of nitrogens with zero attached hydrogens (tertiary/aromatic N) is 2. The minimum atomic E-state index is -0.648. The van der Waals surface area contributed by atoms with E-state index >= 15 is 0 Å². The van der Waals surface area contributed by atoms with Crippen LogP contribution in [0.25, 0.3) is 5.76 Å². The summed E-state index contributed by atoms with van der Waals surface area (Å²) in [7, 11) is 3.96. The first-order chi connectivity index (χ1) is 16.5. The number of Topliss-reactive ketones (excluding diaryl/α,β-unsaturated/α-hetero) is 1. The zero-order valence-electron chi connectivity index (χ0n) is 22.0. The van der Waals surface area contributed by atoms with Crippen LogP contribution in [0.2, 0.25) is 0 Å². The number of likely N-dealkylation sites (tertiary alicyclic amines) is 1. The molecule has 1 atom stereocenters. The molecule has 0 saturated carbocycles. The number of aliphatic hydroxyl groups excluding tert-OH is 1. The van der Waals surface area contributed by atoms with Gasteiger partial charge in [-0.1, -0.05) is 45.0 Å². The van der Waals surface area contributed by atoms with Crippen LogP contribution >= 0.6 is 0 Å². The highest BCUT2D eigenvalue weighted by Crippen LogP contribution is 2.40. The summed E-state index contributed by atoms with van der Waals surface area (Å²) in [6.07, 6.45) is 0.721. The molecule has 1 saturated heterocycles. The Morgan fingerprint density at radius 3 is 2.29 bits per heavy atom. The molecule has 1 aliphatic rings. The maximum atomic E-state index is 13.3. The summed E-state index contributed by atoms with van der Waals surface area (Å²) < 4.78 is 5.56. The van der Waals surface area contributed by atoms with Crippen LogP contribution < -0.4 is 4.74 Å². The van der Waals surface area contributed by atoms with Crippen molar-refractivity contribution in [1.29, 1.82) is 0 Å². The van der Waals surface area contributed by atoms with E-state index < -0.39 is 17.7 Å². The van der Waals surface area contributed by atoms with Crippen LogP contribution in [0.4, 0.5) is 0 Å². The Labute approximate surface area is 209 Å². The Hall–Kier alpha value is -3.12. The van der Waals surface area contributed by atoms with Crippen molar-refractivity contribution in [2.45, 2.75) is 52.5 Å². The number of rotatable bonds is 8. The van der Waals surface area contributed by atoms with Gasteiger partial charge in [-0.3, -0.25) is 9.59 Å². The Balaban J connectivity index is 2.11. The Morgan fingerprint density at radius 2 is 1.74 bits per heavy atom. The molecule has 6 nitrogen and oxygen atoms in total. The van der Waals surface area contributed by atoms with Crippen molar-refractivity contribution in [2.24, 2.45) is 0 Å². The number of ketones is 1. The summed E-state index contributed by atoms with van der Waals surface area (Å²) in [5, 5.41) is 11.4. The SMILES string of the molecule is CCOc1ccc(C(O)=C2C(=O)C(=O)N(CCCN(C)C)[C@@H]2c2ccc(C(C)(C)C)cc2)c(C)c1. The number of aliphatic hydroxyl groups is 1. The molecule has 188 valence electrons. The van der Waals surface area contributed by atoms with E-state index in [1.165, 1.54) is 0 Å². The lowest BCUT2D eigenvalue weighted by Crippen LogP contribution is -2.32. The highest BCUT2D eigenvalue weighted by molar-refractivity contribution is 6.46. The molecule has 2 aromatic carbocycles. The van der Waals surface area contributed by atoms with Gasteiger partial charge >= 0.3 is 0 Å². The van der Waals surface area contributed by atoms with Gasteiger partial charge in [0.15, 0.2) is 0 Å². The van der Waals surface area contributed by atoms with Crippen LogP contribution in [0.5, 0.6) is 5.75 Å². The van der Waals surface area contributed by atoms with Crippen LogP contribution in [0.3, 0.4) is 0 Å². The van der Waals surface area contributed by atoms with E-state index in [-0.39, 0.29) is 16.7 Å². The maximum Gasteiger partial charge on any atom is 0.295 e. The molecule has 35 heavy (non-hydrogen) atoms. The van der Waals surface area contributed by atoms with Gasteiger partial charge in [0.25, 0.3) is 11.7 Å².